The largest absolute Gasteiger partial charge is 0.455 e. The highest BCUT2D eigenvalue weighted by molar-refractivity contribution is 6.30. The van der Waals surface area contributed by atoms with E-state index in [1.54, 1.807) is 12.1 Å². The molecule has 4 aliphatic carbocycles. The summed E-state index contributed by atoms with van der Waals surface area (Å²) in [7, 11) is 0. The van der Waals surface area contributed by atoms with Crippen LogP contribution < -0.4 is 5.32 Å². The van der Waals surface area contributed by atoms with Crippen molar-refractivity contribution >= 4 is 29.4 Å². The molecule has 0 heterocycles. The summed E-state index contributed by atoms with van der Waals surface area (Å²) in [6.45, 7) is -0.417. The van der Waals surface area contributed by atoms with Gasteiger partial charge in [0.25, 0.3) is 11.8 Å². The molecule has 4 aliphatic rings. The maximum Gasteiger partial charge on any atom is 0.312 e. The fraction of sp³-hybridized carbons (Fsp3) is 0.550. The minimum absolute atomic E-state index is 0.259. The van der Waals surface area contributed by atoms with Gasteiger partial charge in [0.2, 0.25) is 0 Å². The van der Waals surface area contributed by atoms with Crippen molar-refractivity contribution in [2.75, 3.05) is 6.61 Å². The number of hydrogen-bond donors (Lipinski definition) is 1. The molecule has 1 aromatic rings. The second kappa shape index (κ2) is 6.69. The van der Waals surface area contributed by atoms with Crippen molar-refractivity contribution in [3.8, 4) is 0 Å². The Morgan fingerprint density at radius 2 is 1.54 bits per heavy atom. The summed E-state index contributed by atoms with van der Waals surface area (Å²) in [4.78, 5) is 36.7. The van der Waals surface area contributed by atoms with Crippen molar-refractivity contribution in [1.82, 2.24) is 5.32 Å². The minimum Gasteiger partial charge on any atom is -0.455 e. The molecule has 0 aromatic heterocycles. The molecule has 4 fully saturated rings. The average Bonchev–Trinajstić information content (AvgIpc) is 2.59. The number of imide groups is 1. The van der Waals surface area contributed by atoms with Gasteiger partial charge in [0, 0.05) is 10.6 Å². The number of benzene rings is 1. The first kappa shape index (κ1) is 17.5. The lowest BCUT2D eigenvalue weighted by Gasteiger charge is -2.55. The summed E-state index contributed by atoms with van der Waals surface area (Å²) in [5.41, 5.74) is -0.0648. The number of esters is 1. The van der Waals surface area contributed by atoms with Crippen molar-refractivity contribution in [3.63, 3.8) is 0 Å². The average molecular weight is 376 g/mol. The van der Waals surface area contributed by atoms with Gasteiger partial charge >= 0.3 is 5.97 Å². The summed E-state index contributed by atoms with van der Waals surface area (Å²) in [5, 5.41) is 2.76. The normalized spacial score (nSPS) is 31.5. The predicted molar refractivity (Wildman–Crippen MR) is 95.5 cm³/mol. The standard InChI is InChI=1S/C20H22ClNO4/c21-16-3-1-15(2-4-16)18(24)22-17(23)11-26-19(25)20-8-12-5-13(9-20)7-14(6-12)10-20/h1-4,12-14H,5-11H2,(H,22,23,24). The van der Waals surface area contributed by atoms with E-state index in [4.69, 9.17) is 16.3 Å². The van der Waals surface area contributed by atoms with Crippen LogP contribution in [0.5, 0.6) is 0 Å². The van der Waals surface area contributed by atoms with Crippen LogP contribution in [0.4, 0.5) is 0 Å². The van der Waals surface area contributed by atoms with Crippen molar-refractivity contribution in [1.29, 1.82) is 0 Å². The first-order chi connectivity index (χ1) is 12.4. The number of nitrogens with one attached hydrogen (secondary N) is 1. The first-order valence-corrected chi connectivity index (χ1v) is 9.58. The van der Waals surface area contributed by atoms with Crippen LogP contribution in [-0.2, 0) is 14.3 Å². The first-order valence-electron chi connectivity index (χ1n) is 9.20. The fourth-order valence-corrected chi connectivity index (χ4v) is 5.61. The third kappa shape index (κ3) is 3.37. The van der Waals surface area contributed by atoms with Crippen molar-refractivity contribution < 1.29 is 19.1 Å². The Morgan fingerprint density at radius 3 is 2.08 bits per heavy atom. The van der Waals surface area contributed by atoms with Crippen molar-refractivity contribution in [2.45, 2.75) is 38.5 Å². The second-order valence-electron chi connectivity index (χ2n) is 8.16. The molecule has 5 nitrogen and oxygen atoms in total. The van der Waals surface area contributed by atoms with Gasteiger partial charge in [0.05, 0.1) is 5.41 Å². The molecule has 2 amide bonds. The molecule has 4 saturated carbocycles. The summed E-state index contributed by atoms with van der Waals surface area (Å²) in [6.07, 6.45) is 6.39. The topological polar surface area (TPSA) is 72.5 Å². The monoisotopic (exact) mass is 375 g/mol. The Balaban J connectivity index is 1.31. The summed E-state index contributed by atoms with van der Waals surface area (Å²) in [6, 6.07) is 6.22. The number of amides is 2. The van der Waals surface area contributed by atoms with Crippen LogP contribution in [0.2, 0.25) is 5.02 Å². The lowest BCUT2D eigenvalue weighted by atomic mass is 9.49. The van der Waals surface area contributed by atoms with Gasteiger partial charge in [-0.15, -0.1) is 0 Å². The Kier molecular flexibility index (Phi) is 4.51. The number of carbonyl (C=O) groups excluding carboxylic acids is 3. The molecule has 0 atom stereocenters. The van der Waals surface area contributed by atoms with Crippen LogP contribution in [-0.4, -0.2) is 24.4 Å². The number of hydrogen-bond acceptors (Lipinski definition) is 4. The van der Waals surface area contributed by atoms with Crippen LogP contribution in [0.15, 0.2) is 24.3 Å². The Morgan fingerprint density at radius 1 is 1.00 bits per heavy atom. The maximum atomic E-state index is 12.7. The Bertz CT molecular complexity index is 707. The third-order valence-corrected chi connectivity index (χ3v) is 6.42. The molecule has 0 saturated heterocycles. The maximum absolute atomic E-state index is 12.7. The van der Waals surface area contributed by atoms with Crippen LogP contribution in [0, 0.1) is 23.2 Å². The zero-order valence-corrected chi connectivity index (χ0v) is 15.3. The van der Waals surface area contributed by atoms with Gasteiger partial charge in [-0.2, -0.15) is 0 Å². The third-order valence-electron chi connectivity index (χ3n) is 6.16. The van der Waals surface area contributed by atoms with Gasteiger partial charge < -0.3 is 4.74 Å². The SMILES string of the molecule is O=C(COC(=O)C12CC3CC(CC(C3)C1)C2)NC(=O)c1ccc(Cl)cc1. The van der Waals surface area contributed by atoms with E-state index in [2.05, 4.69) is 5.32 Å². The van der Waals surface area contributed by atoms with Gasteiger partial charge in [-0.25, -0.2) is 0 Å². The van der Waals surface area contributed by atoms with Gasteiger partial charge in [0.1, 0.15) is 0 Å². The van der Waals surface area contributed by atoms with Crippen LogP contribution in [0.1, 0.15) is 48.9 Å². The van der Waals surface area contributed by atoms with E-state index < -0.39 is 23.8 Å². The number of rotatable bonds is 4. The van der Waals surface area contributed by atoms with Crippen LogP contribution in [0.25, 0.3) is 0 Å². The zero-order chi connectivity index (χ0) is 18.3. The zero-order valence-electron chi connectivity index (χ0n) is 14.5. The summed E-state index contributed by atoms with van der Waals surface area (Å²) in [5.74, 6) is 0.503. The molecule has 0 unspecified atom stereocenters. The van der Waals surface area contributed by atoms with E-state index >= 15 is 0 Å². The van der Waals surface area contributed by atoms with E-state index in [1.807, 2.05) is 0 Å². The second-order valence-corrected chi connectivity index (χ2v) is 8.59. The molecule has 0 radical (unpaired) electrons. The molecule has 1 N–H and O–H groups in total. The lowest BCUT2D eigenvalue weighted by Crippen LogP contribution is -2.51. The highest BCUT2D eigenvalue weighted by atomic mass is 35.5. The Hall–Kier alpha value is -1.88. The molecule has 0 spiro atoms. The molecule has 1 aromatic carbocycles. The highest BCUT2D eigenvalue weighted by Crippen LogP contribution is 2.60. The van der Waals surface area contributed by atoms with Gasteiger partial charge in [-0.05, 0) is 80.5 Å². The highest BCUT2D eigenvalue weighted by Gasteiger charge is 2.55. The van der Waals surface area contributed by atoms with Crippen LogP contribution in [0.3, 0.4) is 0 Å². The smallest absolute Gasteiger partial charge is 0.312 e. The molecule has 0 aliphatic heterocycles. The minimum atomic E-state index is -0.608. The van der Waals surface area contributed by atoms with E-state index in [0.717, 1.165) is 19.3 Å². The predicted octanol–water partition coefficient (Wildman–Crippen LogP) is 3.36. The summed E-state index contributed by atoms with van der Waals surface area (Å²) >= 11 is 5.78. The number of carbonyl (C=O) groups is 3. The number of ether oxygens (including phenoxy) is 1. The van der Waals surface area contributed by atoms with Crippen molar-refractivity contribution in [2.24, 2.45) is 23.2 Å². The molecule has 5 rings (SSSR count). The molecular weight excluding hydrogens is 354 g/mol. The molecule has 6 heteroatoms. The molecule has 138 valence electrons. The molecule has 26 heavy (non-hydrogen) atoms. The van der Waals surface area contributed by atoms with E-state index in [-0.39, 0.29) is 5.97 Å². The lowest BCUT2D eigenvalue weighted by molar-refractivity contribution is -0.173. The van der Waals surface area contributed by atoms with E-state index in [1.165, 1.54) is 31.4 Å². The van der Waals surface area contributed by atoms with Gasteiger partial charge in [-0.1, -0.05) is 11.6 Å². The molecule has 4 bridgehead atoms. The van der Waals surface area contributed by atoms with Crippen LogP contribution >= 0.6 is 11.6 Å². The molecular formula is C20H22ClNO4. The summed E-state index contributed by atoms with van der Waals surface area (Å²) < 4.78 is 5.32. The van der Waals surface area contributed by atoms with E-state index in [0.29, 0.717) is 28.3 Å². The van der Waals surface area contributed by atoms with E-state index in [9.17, 15) is 14.4 Å². The quantitative estimate of drug-likeness (QED) is 0.819. The van der Waals surface area contributed by atoms with Crippen molar-refractivity contribution in [3.05, 3.63) is 34.9 Å². The Labute approximate surface area is 157 Å². The van der Waals surface area contributed by atoms with Gasteiger partial charge in [0.15, 0.2) is 6.61 Å². The fourth-order valence-electron chi connectivity index (χ4n) is 5.48. The van der Waals surface area contributed by atoms with Gasteiger partial charge in [-0.3, -0.25) is 19.7 Å². The number of halogens is 1.